The predicted octanol–water partition coefficient (Wildman–Crippen LogP) is 0.366. The summed E-state index contributed by atoms with van der Waals surface area (Å²) in [6.07, 6.45) is 1.07. The van der Waals surface area contributed by atoms with Gasteiger partial charge in [0.25, 0.3) is 0 Å². The molecule has 154 valence electrons. The van der Waals surface area contributed by atoms with Gasteiger partial charge in [-0.3, -0.25) is 4.79 Å². The average Bonchev–Trinajstić information content (AvgIpc) is 2.68. The molecule has 4 rings (SSSR count). The number of benzene rings is 2. The van der Waals surface area contributed by atoms with Crippen molar-refractivity contribution in [2.24, 2.45) is 5.16 Å². The second-order valence-electron chi connectivity index (χ2n) is 5.94. The van der Waals surface area contributed by atoms with Gasteiger partial charge in [0, 0.05) is 34.4 Å². The largest absolute Gasteiger partial charge is 1.00 e. The van der Waals surface area contributed by atoms with Crippen LogP contribution in [0.4, 0.5) is 0 Å². The minimum atomic E-state index is -1.08. The number of Topliss-reactive ketones (excluding diaryl/α,β-unsaturated/α-hetero) is 1. The molecule has 0 fully saturated rings. The van der Waals surface area contributed by atoms with E-state index < -0.39 is 5.97 Å². The van der Waals surface area contributed by atoms with Gasteiger partial charge in [0.15, 0.2) is 5.78 Å². The predicted molar refractivity (Wildman–Crippen MR) is 106 cm³/mol. The molecule has 0 amide bonds. The van der Waals surface area contributed by atoms with Crippen LogP contribution in [0.5, 0.6) is 11.5 Å². The summed E-state index contributed by atoms with van der Waals surface area (Å²) < 4.78 is 10.6. The molecule has 30 heavy (non-hydrogen) atoms. The number of ether oxygens (including phenoxy) is 2. The Morgan fingerprint density at radius 1 is 1.00 bits per heavy atom. The molecular formula is C20H18Cl2NNaO6. The maximum absolute atomic E-state index is 11.3. The number of hydrogen-bond acceptors (Lipinski definition) is 7. The molecule has 0 atom stereocenters. The van der Waals surface area contributed by atoms with Crippen LogP contribution in [0.2, 0.25) is 10.0 Å². The Kier molecular flexibility index (Phi) is 11.2. The SMILES string of the molecule is CC(=O)[O-].O=C1CCOc2ccc(Cl)cc21.ON=C1CCOc2ccc(Cl)cc21.[Na+]. The first kappa shape index (κ1) is 26.3. The first-order chi connectivity index (χ1) is 13.8. The number of aliphatic carboxylic acids is 1. The number of fused-ring (bicyclic) bond motifs is 2. The molecule has 2 aromatic rings. The minimum Gasteiger partial charge on any atom is -0.550 e. The maximum atomic E-state index is 11.3. The number of rotatable bonds is 0. The van der Waals surface area contributed by atoms with Gasteiger partial charge in [-0.1, -0.05) is 28.4 Å². The summed E-state index contributed by atoms with van der Waals surface area (Å²) in [4.78, 5) is 20.2. The molecule has 0 radical (unpaired) electrons. The fraction of sp³-hybridized carbons (Fsp3) is 0.250. The Morgan fingerprint density at radius 2 is 1.47 bits per heavy atom. The Bertz CT molecular complexity index is 932. The van der Waals surface area contributed by atoms with Crippen LogP contribution in [0.15, 0.2) is 41.6 Å². The molecule has 2 aromatic carbocycles. The number of carbonyl (C=O) groups excluding carboxylic acids is 2. The molecule has 10 heteroatoms. The molecule has 0 saturated carbocycles. The van der Waals surface area contributed by atoms with E-state index in [0.29, 0.717) is 53.1 Å². The van der Waals surface area contributed by atoms with Gasteiger partial charge in [-0.2, -0.15) is 0 Å². The van der Waals surface area contributed by atoms with Crippen LogP contribution in [0.1, 0.15) is 35.7 Å². The van der Waals surface area contributed by atoms with Crippen molar-refractivity contribution in [3.63, 3.8) is 0 Å². The molecule has 7 nitrogen and oxygen atoms in total. The second kappa shape index (κ2) is 12.8. The summed E-state index contributed by atoms with van der Waals surface area (Å²) in [5.41, 5.74) is 2.01. The third-order valence-corrected chi connectivity index (χ3v) is 4.27. The number of carboxylic acid groups (broad SMARTS) is 1. The van der Waals surface area contributed by atoms with Gasteiger partial charge in [0.05, 0.1) is 24.5 Å². The van der Waals surface area contributed by atoms with E-state index in [4.69, 9.17) is 47.8 Å². The van der Waals surface area contributed by atoms with Crippen molar-refractivity contribution in [3.8, 4) is 11.5 Å². The molecular weight excluding hydrogens is 444 g/mol. The third-order valence-electron chi connectivity index (χ3n) is 3.80. The van der Waals surface area contributed by atoms with Crippen LogP contribution < -0.4 is 44.1 Å². The van der Waals surface area contributed by atoms with Gasteiger partial charge in [0.1, 0.15) is 11.5 Å². The fourth-order valence-corrected chi connectivity index (χ4v) is 2.93. The molecule has 0 bridgehead atoms. The molecule has 0 aliphatic carbocycles. The Morgan fingerprint density at radius 3 is 2.00 bits per heavy atom. The summed E-state index contributed by atoms with van der Waals surface area (Å²) >= 11 is 11.5. The van der Waals surface area contributed by atoms with Gasteiger partial charge in [-0.15, -0.1) is 0 Å². The summed E-state index contributed by atoms with van der Waals surface area (Å²) in [7, 11) is 0. The molecule has 0 spiro atoms. The molecule has 0 unspecified atom stereocenters. The van der Waals surface area contributed by atoms with Crippen molar-refractivity contribution in [1.82, 2.24) is 0 Å². The van der Waals surface area contributed by atoms with Crippen LogP contribution in [0, 0.1) is 0 Å². The number of carbonyl (C=O) groups is 2. The number of nitrogens with zero attached hydrogens (tertiary/aromatic N) is 1. The Labute approximate surface area is 205 Å². The van der Waals surface area contributed by atoms with Crippen molar-refractivity contribution < 1.29 is 58.9 Å². The molecule has 2 aliphatic rings. The van der Waals surface area contributed by atoms with Crippen LogP contribution >= 0.6 is 23.2 Å². The second-order valence-corrected chi connectivity index (χ2v) is 6.81. The summed E-state index contributed by atoms with van der Waals surface area (Å²) in [6.45, 7) is 2.00. The van der Waals surface area contributed by atoms with E-state index in [-0.39, 0.29) is 35.3 Å². The molecule has 2 aliphatic heterocycles. The normalized spacial score (nSPS) is 14.8. The Hall–Kier alpha value is -1.77. The standard InChI is InChI=1S/C9H8ClNO2.C9H7ClO2.C2H4O2.Na/c10-6-1-2-9-7(5-6)8(11-12)3-4-13-9;10-6-1-2-9-7(5-6)8(11)3-4-12-9;1-2(3)4;/h1-2,5,12H,3-4H2;1-2,5H,3-4H2;1H3,(H,3,4);/q;;;+1/p-1. The number of halogens is 2. The van der Waals surface area contributed by atoms with Crippen molar-refractivity contribution >= 4 is 40.7 Å². The zero-order valence-corrected chi connectivity index (χ0v) is 20.0. The van der Waals surface area contributed by atoms with E-state index in [1.54, 1.807) is 36.4 Å². The third kappa shape index (κ3) is 7.81. The fourth-order valence-electron chi connectivity index (χ4n) is 2.58. The van der Waals surface area contributed by atoms with E-state index in [1.807, 2.05) is 0 Å². The minimum absolute atomic E-state index is 0. The van der Waals surface area contributed by atoms with Crippen LogP contribution in [0.3, 0.4) is 0 Å². The molecule has 0 saturated heterocycles. The number of hydrogen-bond donors (Lipinski definition) is 1. The van der Waals surface area contributed by atoms with Gasteiger partial charge in [0.2, 0.25) is 0 Å². The summed E-state index contributed by atoms with van der Waals surface area (Å²) in [6, 6.07) is 10.4. The van der Waals surface area contributed by atoms with E-state index in [9.17, 15) is 4.79 Å². The first-order valence-corrected chi connectivity index (χ1v) is 9.34. The van der Waals surface area contributed by atoms with Crippen molar-refractivity contribution in [2.75, 3.05) is 13.2 Å². The van der Waals surface area contributed by atoms with Crippen LogP contribution in [-0.2, 0) is 4.79 Å². The van der Waals surface area contributed by atoms with Crippen LogP contribution in [0.25, 0.3) is 0 Å². The van der Waals surface area contributed by atoms with Crippen molar-refractivity contribution in [1.29, 1.82) is 0 Å². The average molecular weight is 462 g/mol. The monoisotopic (exact) mass is 461 g/mol. The van der Waals surface area contributed by atoms with E-state index in [2.05, 4.69) is 5.16 Å². The Balaban J connectivity index is 0.000000249. The summed E-state index contributed by atoms with van der Waals surface area (Å²) in [5, 5.41) is 22.0. The van der Waals surface area contributed by atoms with Crippen molar-refractivity contribution in [2.45, 2.75) is 19.8 Å². The quantitative estimate of drug-likeness (QED) is 0.344. The number of oxime groups is 1. The van der Waals surface area contributed by atoms with E-state index >= 15 is 0 Å². The molecule has 0 aromatic heterocycles. The van der Waals surface area contributed by atoms with Gasteiger partial charge < -0.3 is 24.6 Å². The van der Waals surface area contributed by atoms with E-state index in [1.165, 1.54) is 0 Å². The zero-order chi connectivity index (χ0) is 21.4. The number of carboxylic acids is 1. The topological polar surface area (TPSA) is 108 Å². The molecule has 1 N–H and O–H groups in total. The zero-order valence-electron chi connectivity index (χ0n) is 16.5. The van der Waals surface area contributed by atoms with Gasteiger partial charge in [-0.25, -0.2) is 0 Å². The van der Waals surface area contributed by atoms with Crippen molar-refractivity contribution in [3.05, 3.63) is 57.6 Å². The summed E-state index contributed by atoms with van der Waals surface area (Å²) in [5.74, 6) is 0.401. The van der Waals surface area contributed by atoms with Crippen LogP contribution in [-0.4, -0.2) is 35.9 Å². The maximum Gasteiger partial charge on any atom is 1.00 e. The first-order valence-electron chi connectivity index (χ1n) is 8.58. The van der Waals surface area contributed by atoms with E-state index in [0.717, 1.165) is 18.2 Å². The smallest absolute Gasteiger partial charge is 0.550 e. The van der Waals surface area contributed by atoms with Gasteiger partial charge >= 0.3 is 29.6 Å². The van der Waals surface area contributed by atoms with Gasteiger partial charge in [-0.05, 0) is 43.3 Å². The molecule has 2 heterocycles. The number of ketones is 1.